The lowest BCUT2D eigenvalue weighted by atomic mass is 10.3. The molecule has 0 radical (unpaired) electrons. The van der Waals surface area contributed by atoms with E-state index in [0.29, 0.717) is 5.16 Å². The predicted molar refractivity (Wildman–Crippen MR) is 89.7 cm³/mol. The van der Waals surface area contributed by atoms with Crippen molar-refractivity contribution in [2.24, 2.45) is 0 Å². The molecule has 0 bridgehead atoms. The number of hydrogen-bond acceptors (Lipinski definition) is 6. The Bertz CT molecular complexity index is 716. The molecule has 0 aliphatic rings. The normalized spacial score (nSPS) is 9.90. The van der Waals surface area contributed by atoms with Crippen molar-refractivity contribution in [2.75, 3.05) is 16.8 Å². The fraction of sp³-hybridized carbons (Fsp3) is 0.0769. The summed E-state index contributed by atoms with van der Waals surface area (Å²) in [5.74, 6) is 0.123. The molecule has 1 aromatic heterocycles. The second kappa shape index (κ2) is 7.24. The van der Waals surface area contributed by atoms with Crippen LogP contribution in [0.4, 0.5) is 11.5 Å². The van der Waals surface area contributed by atoms with Crippen molar-refractivity contribution in [1.82, 2.24) is 9.97 Å². The summed E-state index contributed by atoms with van der Waals surface area (Å²) >= 11 is 3.34. The second-order valence-electron chi connectivity index (χ2n) is 3.91. The van der Waals surface area contributed by atoms with Gasteiger partial charge in [0.25, 0.3) is 0 Å². The van der Waals surface area contributed by atoms with Crippen LogP contribution in [0.2, 0.25) is 0 Å². The minimum absolute atomic E-state index is 0.119. The maximum absolute atomic E-state index is 11.8. The highest BCUT2D eigenvalue weighted by Gasteiger charge is 2.08. The molecule has 8 heteroatoms. The summed E-state index contributed by atoms with van der Waals surface area (Å²) in [6.45, 7) is 0. The van der Waals surface area contributed by atoms with Crippen LogP contribution < -0.4 is 11.1 Å². The van der Waals surface area contributed by atoms with Crippen LogP contribution >= 0.6 is 34.4 Å². The first kappa shape index (κ1) is 15.5. The van der Waals surface area contributed by atoms with Crippen molar-refractivity contribution in [1.29, 1.82) is 5.26 Å². The molecule has 0 aliphatic carbocycles. The van der Waals surface area contributed by atoms with Gasteiger partial charge < -0.3 is 11.1 Å². The number of nitrogens with one attached hydrogen (secondary N) is 1. The van der Waals surface area contributed by atoms with Gasteiger partial charge in [0.1, 0.15) is 17.5 Å². The number of aromatic nitrogens is 2. The number of anilines is 2. The van der Waals surface area contributed by atoms with Crippen molar-refractivity contribution in [3.63, 3.8) is 0 Å². The van der Waals surface area contributed by atoms with E-state index in [4.69, 9.17) is 11.0 Å². The molecular weight excluding hydrogens is 401 g/mol. The van der Waals surface area contributed by atoms with Gasteiger partial charge in [0.05, 0.1) is 11.9 Å². The predicted octanol–water partition coefficient (Wildman–Crippen LogP) is 2.27. The Kier molecular flexibility index (Phi) is 5.35. The third kappa shape index (κ3) is 4.57. The monoisotopic (exact) mass is 411 g/mol. The third-order valence-electron chi connectivity index (χ3n) is 2.36. The number of halogens is 1. The zero-order chi connectivity index (χ0) is 15.2. The summed E-state index contributed by atoms with van der Waals surface area (Å²) in [4.78, 5) is 19.8. The summed E-state index contributed by atoms with van der Waals surface area (Å²) in [7, 11) is 0. The number of thioether (sulfide) groups is 1. The number of nitrogens with two attached hydrogens (primary N) is 1. The standard InChI is InChI=1S/C13H10IN5OS/c14-9-2-1-3-10(4-9)18-11(20)7-21-13-17-6-8(5-15)12(16)19-13/h1-4,6H,7H2,(H,18,20)(H2,16,17,19). The fourth-order valence-electron chi connectivity index (χ4n) is 1.43. The molecule has 1 heterocycles. The third-order valence-corrected chi connectivity index (χ3v) is 3.89. The van der Waals surface area contributed by atoms with E-state index in [9.17, 15) is 4.79 Å². The number of amides is 1. The Morgan fingerprint density at radius 1 is 1.52 bits per heavy atom. The van der Waals surface area contributed by atoms with Crippen LogP contribution in [0.1, 0.15) is 5.56 Å². The number of benzene rings is 1. The van der Waals surface area contributed by atoms with E-state index in [1.807, 2.05) is 30.3 Å². The highest BCUT2D eigenvalue weighted by molar-refractivity contribution is 14.1. The molecule has 21 heavy (non-hydrogen) atoms. The molecular formula is C13H10IN5OS. The van der Waals surface area contributed by atoms with Gasteiger partial charge in [-0.15, -0.1) is 0 Å². The zero-order valence-corrected chi connectivity index (χ0v) is 13.7. The van der Waals surface area contributed by atoms with E-state index >= 15 is 0 Å². The van der Waals surface area contributed by atoms with E-state index in [2.05, 4.69) is 37.9 Å². The van der Waals surface area contributed by atoms with Gasteiger partial charge >= 0.3 is 0 Å². The summed E-state index contributed by atoms with van der Waals surface area (Å²) in [6, 6.07) is 9.39. The van der Waals surface area contributed by atoms with Gasteiger partial charge in [-0.2, -0.15) is 5.26 Å². The summed E-state index contributed by atoms with van der Waals surface area (Å²) in [5, 5.41) is 11.9. The first-order chi connectivity index (χ1) is 10.1. The molecule has 2 aromatic rings. The number of rotatable bonds is 4. The smallest absolute Gasteiger partial charge is 0.234 e. The van der Waals surface area contributed by atoms with Crippen LogP contribution in [0, 0.1) is 14.9 Å². The molecule has 0 atom stereocenters. The van der Waals surface area contributed by atoms with Gasteiger partial charge in [-0.1, -0.05) is 17.8 Å². The average Bonchev–Trinajstić information content (AvgIpc) is 2.45. The molecule has 0 saturated heterocycles. The number of nitrogens with zero attached hydrogens (tertiary/aromatic N) is 3. The largest absolute Gasteiger partial charge is 0.382 e. The van der Waals surface area contributed by atoms with Crippen molar-refractivity contribution in [3.8, 4) is 6.07 Å². The lowest BCUT2D eigenvalue weighted by Gasteiger charge is -2.05. The first-order valence-electron chi connectivity index (χ1n) is 5.79. The Labute approximate surface area is 139 Å². The summed E-state index contributed by atoms with van der Waals surface area (Å²) in [5.41, 5.74) is 6.56. The molecule has 0 unspecified atom stereocenters. The minimum Gasteiger partial charge on any atom is -0.382 e. The van der Waals surface area contributed by atoms with Crippen molar-refractivity contribution in [3.05, 3.63) is 39.6 Å². The lowest BCUT2D eigenvalue weighted by molar-refractivity contribution is -0.113. The van der Waals surface area contributed by atoms with Gasteiger partial charge in [0, 0.05) is 9.26 Å². The van der Waals surface area contributed by atoms with Crippen LogP contribution in [0.3, 0.4) is 0 Å². The highest BCUT2D eigenvalue weighted by Crippen LogP contribution is 2.17. The maximum atomic E-state index is 11.8. The topological polar surface area (TPSA) is 105 Å². The number of nitriles is 1. The van der Waals surface area contributed by atoms with E-state index in [-0.39, 0.29) is 23.0 Å². The number of hydrogen-bond donors (Lipinski definition) is 2. The van der Waals surface area contributed by atoms with Gasteiger partial charge in [-0.3, -0.25) is 4.79 Å². The van der Waals surface area contributed by atoms with Crippen LogP contribution in [-0.2, 0) is 4.79 Å². The van der Waals surface area contributed by atoms with E-state index in [1.165, 1.54) is 6.20 Å². The van der Waals surface area contributed by atoms with Crippen molar-refractivity contribution < 1.29 is 4.79 Å². The highest BCUT2D eigenvalue weighted by atomic mass is 127. The molecule has 0 aliphatic heterocycles. The second-order valence-corrected chi connectivity index (χ2v) is 6.10. The van der Waals surface area contributed by atoms with Gasteiger partial charge in [0.15, 0.2) is 5.16 Å². The van der Waals surface area contributed by atoms with E-state index < -0.39 is 0 Å². The Morgan fingerprint density at radius 3 is 3.00 bits per heavy atom. The number of nitrogen functional groups attached to an aromatic ring is 1. The quantitative estimate of drug-likeness (QED) is 0.455. The SMILES string of the molecule is N#Cc1cnc(SCC(=O)Nc2cccc(I)c2)nc1N. The molecule has 3 N–H and O–H groups in total. The van der Waals surface area contributed by atoms with Crippen LogP contribution in [-0.4, -0.2) is 21.6 Å². The summed E-state index contributed by atoms with van der Waals surface area (Å²) < 4.78 is 1.04. The Balaban J connectivity index is 1.92. The maximum Gasteiger partial charge on any atom is 0.234 e. The van der Waals surface area contributed by atoms with Gasteiger partial charge in [-0.25, -0.2) is 9.97 Å². The van der Waals surface area contributed by atoms with Crippen molar-refractivity contribution >= 4 is 51.8 Å². The van der Waals surface area contributed by atoms with Crippen LogP contribution in [0.15, 0.2) is 35.6 Å². The molecule has 1 aromatic carbocycles. The van der Waals surface area contributed by atoms with Gasteiger partial charge in [-0.05, 0) is 40.8 Å². The minimum atomic E-state index is -0.159. The van der Waals surface area contributed by atoms with Crippen LogP contribution in [0.25, 0.3) is 0 Å². The van der Waals surface area contributed by atoms with Crippen LogP contribution in [0.5, 0.6) is 0 Å². The molecule has 2 rings (SSSR count). The average molecular weight is 411 g/mol. The number of carbonyl (C=O) groups is 1. The summed E-state index contributed by atoms with van der Waals surface area (Å²) in [6.07, 6.45) is 1.35. The van der Waals surface area contributed by atoms with Gasteiger partial charge in [0.2, 0.25) is 5.91 Å². The Hall–Kier alpha value is -1.86. The molecule has 1 amide bonds. The van der Waals surface area contributed by atoms with E-state index in [0.717, 1.165) is 21.0 Å². The van der Waals surface area contributed by atoms with E-state index in [1.54, 1.807) is 0 Å². The molecule has 0 spiro atoms. The first-order valence-corrected chi connectivity index (χ1v) is 7.86. The molecule has 0 saturated carbocycles. The number of carbonyl (C=O) groups excluding carboxylic acids is 1. The zero-order valence-electron chi connectivity index (χ0n) is 10.7. The molecule has 106 valence electrons. The van der Waals surface area contributed by atoms with Crippen molar-refractivity contribution in [2.45, 2.75) is 5.16 Å². The molecule has 0 fully saturated rings. The molecule has 6 nitrogen and oxygen atoms in total. The Morgan fingerprint density at radius 2 is 2.33 bits per heavy atom. The fourth-order valence-corrected chi connectivity index (χ4v) is 2.59. The lowest BCUT2D eigenvalue weighted by Crippen LogP contribution is -2.14.